The molecule has 0 atom stereocenters. The van der Waals surface area contributed by atoms with Crippen molar-refractivity contribution in [2.24, 2.45) is 0 Å². The number of rotatable bonds is 18. The van der Waals surface area contributed by atoms with Crippen LogP contribution in [0.15, 0.2) is 73.0 Å². The van der Waals surface area contributed by atoms with Gasteiger partial charge in [-0.1, -0.05) is 6.58 Å². The summed E-state index contributed by atoms with van der Waals surface area (Å²) >= 11 is 0. The summed E-state index contributed by atoms with van der Waals surface area (Å²) in [5.41, 5.74) is 0.591. The van der Waals surface area contributed by atoms with Crippen LogP contribution in [0, 0.1) is 0 Å². The molecule has 5 aliphatic rings. The number of allylic oxidation sites excluding steroid dienone is 1. The first-order valence-corrected chi connectivity index (χ1v) is 15.7. The Hall–Kier alpha value is -5.65. The molecule has 5 heterocycles. The number of ether oxygens (including phenoxy) is 2. The third-order valence-electron chi connectivity index (χ3n) is 7.84. The lowest BCUT2D eigenvalue weighted by Gasteiger charge is -2.28. The highest BCUT2D eigenvalue weighted by Gasteiger charge is 2.27. The fourth-order valence-electron chi connectivity index (χ4n) is 5.04. The molecule has 0 spiro atoms. The lowest BCUT2D eigenvalue weighted by atomic mass is 10.3. The van der Waals surface area contributed by atoms with Gasteiger partial charge in [0.2, 0.25) is 0 Å². The fraction of sp³-hybridized carbons (Fsp3) is 0.364. The van der Waals surface area contributed by atoms with Gasteiger partial charge in [0, 0.05) is 99.6 Å². The third-order valence-corrected chi connectivity index (χ3v) is 7.84. The van der Waals surface area contributed by atoms with Gasteiger partial charge in [0.05, 0.1) is 39.5 Å². The van der Waals surface area contributed by atoms with Crippen LogP contribution in [0.25, 0.3) is 0 Å². The molecule has 0 unspecified atom stereocenters. The summed E-state index contributed by atoms with van der Waals surface area (Å²) in [7, 11) is 0. The maximum Gasteiger partial charge on any atom is 0.253 e. The van der Waals surface area contributed by atoms with Gasteiger partial charge >= 0.3 is 0 Å². The van der Waals surface area contributed by atoms with Gasteiger partial charge in [-0.2, -0.15) is 0 Å². The first-order valence-electron chi connectivity index (χ1n) is 15.7. The molecule has 0 saturated carbocycles. The molecule has 0 radical (unpaired) electrons. The van der Waals surface area contributed by atoms with Crippen LogP contribution < -0.4 is 0 Å². The van der Waals surface area contributed by atoms with E-state index in [0.29, 0.717) is 45.1 Å². The van der Waals surface area contributed by atoms with Gasteiger partial charge in [-0.3, -0.25) is 67.7 Å². The molecule has 50 heavy (non-hydrogen) atoms. The van der Waals surface area contributed by atoms with E-state index in [1.807, 2.05) is 4.90 Å². The summed E-state index contributed by atoms with van der Waals surface area (Å²) in [5, 5.41) is 0. The molecule has 5 aliphatic heterocycles. The number of hydrogen-bond acceptors (Lipinski definition) is 12. The van der Waals surface area contributed by atoms with Crippen molar-refractivity contribution in [3.05, 3.63) is 73.0 Å². The zero-order chi connectivity index (χ0) is 36.2. The van der Waals surface area contributed by atoms with E-state index in [9.17, 15) is 43.2 Å². The van der Waals surface area contributed by atoms with Crippen molar-refractivity contribution in [3.8, 4) is 0 Å². The number of nitrogens with zero attached hydrogens (tertiary/aromatic N) is 6. The van der Waals surface area contributed by atoms with Gasteiger partial charge in [0.15, 0.2) is 0 Å². The molecule has 17 nitrogen and oxygen atoms in total. The smallest absolute Gasteiger partial charge is 0.253 e. The van der Waals surface area contributed by atoms with Gasteiger partial charge in [-0.05, 0) is 6.08 Å². The lowest BCUT2D eigenvalue weighted by Crippen LogP contribution is -2.45. The van der Waals surface area contributed by atoms with E-state index >= 15 is 0 Å². The number of hydrogen-bond donors (Lipinski definition) is 0. The second kappa shape index (κ2) is 17.7. The maximum atomic E-state index is 11.9. The minimum absolute atomic E-state index is 0.159. The normalized spacial score (nSPS) is 18.3. The molecule has 0 saturated heterocycles. The SMILES string of the molecule is C=C1C=CC(=O)N1CCN(CCN1C(=O)C=CC1=O)CCN1C(=O)C=CC1=O.O=C1C=CC(=O)N1CCOCCOCCN1C(=O)C=CC1=O. The largest absolute Gasteiger partial charge is 0.377 e. The molecular weight excluding hydrogens is 656 g/mol. The summed E-state index contributed by atoms with van der Waals surface area (Å²) in [6, 6.07) is 0. The second-order valence-electron chi connectivity index (χ2n) is 11.0. The van der Waals surface area contributed by atoms with Crippen molar-refractivity contribution in [2.75, 3.05) is 78.8 Å². The molecule has 17 heteroatoms. The van der Waals surface area contributed by atoms with Crippen LogP contribution in [0.5, 0.6) is 0 Å². The van der Waals surface area contributed by atoms with Crippen molar-refractivity contribution < 1.29 is 52.6 Å². The number of carbonyl (C=O) groups excluding carboxylic acids is 9. The topological polar surface area (TPSA) is 192 Å². The van der Waals surface area contributed by atoms with E-state index in [1.54, 1.807) is 6.08 Å². The summed E-state index contributed by atoms with van der Waals surface area (Å²) in [6.07, 6.45) is 12.8. The minimum Gasteiger partial charge on any atom is -0.377 e. The van der Waals surface area contributed by atoms with E-state index in [-0.39, 0.29) is 92.6 Å². The Bertz CT molecular complexity index is 1360. The highest BCUT2D eigenvalue weighted by Crippen LogP contribution is 2.13. The van der Waals surface area contributed by atoms with Crippen LogP contribution in [0.1, 0.15) is 0 Å². The minimum atomic E-state index is -0.369. The van der Waals surface area contributed by atoms with Crippen molar-refractivity contribution in [2.45, 2.75) is 0 Å². The van der Waals surface area contributed by atoms with Crippen LogP contribution in [0.3, 0.4) is 0 Å². The third kappa shape index (κ3) is 9.94. The summed E-state index contributed by atoms with van der Waals surface area (Å²) in [6.45, 7) is 7.12. The van der Waals surface area contributed by atoms with E-state index in [0.717, 1.165) is 19.6 Å². The van der Waals surface area contributed by atoms with Crippen molar-refractivity contribution in [1.29, 1.82) is 0 Å². The van der Waals surface area contributed by atoms with Crippen LogP contribution in [0.4, 0.5) is 0 Å². The molecule has 9 amide bonds. The number of carbonyl (C=O) groups is 9. The zero-order valence-electron chi connectivity index (χ0n) is 27.1. The van der Waals surface area contributed by atoms with E-state index in [1.165, 1.54) is 59.6 Å². The number of imide groups is 4. The Balaban J connectivity index is 0.000000232. The molecule has 0 bridgehead atoms. The van der Waals surface area contributed by atoms with Crippen LogP contribution in [-0.2, 0) is 52.6 Å². The fourth-order valence-corrected chi connectivity index (χ4v) is 5.04. The second-order valence-corrected chi connectivity index (χ2v) is 11.0. The molecule has 0 aromatic heterocycles. The Morgan fingerprint density at radius 1 is 0.380 bits per heavy atom. The van der Waals surface area contributed by atoms with Crippen molar-refractivity contribution in [3.63, 3.8) is 0 Å². The highest BCUT2D eigenvalue weighted by atomic mass is 16.5. The molecule has 0 aromatic carbocycles. The standard InChI is InChI=1S/C19H20N4O5.C14H16N2O6/c1-14-2-3-15(24)21(14)11-8-20(9-12-22-16(25)4-5-17(22)26)10-13-23-18(27)6-7-19(23)28;17-11-1-2-12(18)15(11)5-7-21-9-10-22-8-6-16-13(19)3-4-14(16)20/h2-7H,1,8-13H2;1-4H,5-10H2. The Morgan fingerprint density at radius 3 is 0.940 bits per heavy atom. The average molecular weight is 693 g/mol. The first-order chi connectivity index (χ1) is 24.0. The predicted molar refractivity (Wildman–Crippen MR) is 172 cm³/mol. The van der Waals surface area contributed by atoms with Gasteiger partial charge in [-0.25, -0.2) is 0 Å². The molecule has 0 aromatic rings. The summed E-state index contributed by atoms with van der Waals surface area (Å²) in [4.78, 5) is 112. The van der Waals surface area contributed by atoms with Crippen molar-refractivity contribution in [1.82, 2.24) is 29.4 Å². The van der Waals surface area contributed by atoms with Gasteiger partial charge in [0.25, 0.3) is 53.2 Å². The maximum absolute atomic E-state index is 11.9. The van der Waals surface area contributed by atoms with E-state index < -0.39 is 0 Å². The van der Waals surface area contributed by atoms with Gasteiger partial charge in [0.1, 0.15) is 0 Å². The van der Waals surface area contributed by atoms with E-state index in [4.69, 9.17) is 9.47 Å². The molecule has 0 fully saturated rings. The average Bonchev–Trinajstić information content (AvgIpc) is 3.87. The molecule has 5 rings (SSSR count). The molecule has 0 N–H and O–H groups in total. The zero-order valence-corrected chi connectivity index (χ0v) is 27.1. The molecular formula is C33H36N6O11. The van der Waals surface area contributed by atoms with Crippen LogP contribution in [-0.4, -0.2) is 161 Å². The monoisotopic (exact) mass is 692 g/mol. The summed E-state index contributed by atoms with van der Waals surface area (Å²) in [5.74, 6) is -2.97. The lowest BCUT2D eigenvalue weighted by molar-refractivity contribution is -0.139. The van der Waals surface area contributed by atoms with Crippen molar-refractivity contribution >= 4 is 53.2 Å². The Labute approximate surface area is 286 Å². The summed E-state index contributed by atoms with van der Waals surface area (Å²) < 4.78 is 10.5. The van der Waals surface area contributed by atoms with E-state index in [2.05, 4.69) is 6.58 Å². The van der Waals surface area contributed by atoms with Gasteiger partial charge in [-0.15, -0.1) is 0 Å². The van der Waals surface area contributed by atoms with Crippen LogP contribution >= 0.6 is 0 Å². The van der Waals surface area contributed by atoms with Crippen LogP contribution in [0.2, 0.25) is 0 Å². The van der Waals surface area contributed by atoms with Gasteiger partial charge < -0.3 is 14.4 Å². The predicted octanol–water partition coefficient (Wildman–Crippen LogP) is -2.08. The molecule has 264 valence electrons. The molecule has 0 aliphatic carbocycles. The quantitative estimate of drug-likeness (QED) is 0.113. The highest BCUT2D eigenvalue weighted by molar-refractivity contribution is 6.14. The Morgan fingerprint density at radius 2 is 0.640 bits per heavy atom. The Kier molecular flexibility index (Phi) is 13.1. The number of amides is 9. The first kappa shape index (κ1) is 37.2.